The number of hydrogen-bond acceptors (Lipinski definition) is 3. The summed E-state index contributed by atoms with van der Waals surface area (Å²) in [6.45, 7) is 5.13. The van der Waals surface area contributed by atoms with E-state index in [9.17, 15) is 14.4 Å². The van der Waals surface area contributed by atoms with Crippen LogP contribution in [0.3, 0.4) is 0 Å². The van der Waals surface area contributed by atoms with Crippen LogP contribution in [0, 0.1) is 5.92 Å². The Kier molecular flexibility index (Phi) is 3.28. The Balaban J connectivity index is 2.76. The van der Waals surface area contributed by atoms with Gasteiger partial charge in [0.2, 0.25) is 5.91 Å². The zero-order chi connectivity index (χ0) is 11.6. The summed E-state index contributed by atoms with van der Waals surface area (Å²) in [4.78, 5) is 33.2. The predicted octanol–water partition coefficient (Wildman–Crippen LogP) is -0.645. The highest BCUT2D eigenvalue weighted by Gasteiger charge is 2.37. The first-order valence-corrected chi connectivity index (χ1v) is 4.80. The van der Waals surface area contributed by atoms with E-state index in [0.717, 1.165) is 0 Å². The molecule has 4 amide bonds. The number of rotatable bonds is 3. The van der Waals surface area contributed by atoms with Crippen molar-refractivity contribution >= 4 is 17.8 Å². The molecule has 1 aliphatic heterocycles. The molecule has 84 valence electrons. The first kappa shape index (κ1) is 11.5. The van der Waals surface area contributed by atoms with Crippen LogP contribution in [0.25, 0.3) is 0 Å². The molecule has 0 radical (unpaired) electrons. The summed E-state index contributed by atoms with van der Waals surface area (Å²) in [7, 11) is 0. The normalized spacial score (nSPS) is 22.3. The van der Waals surface area contributed by atoms with Gasteiger partial charge in [0.25, 0.3) is 5.91 Å². The molecule has 0 spiro atoms. The van der Waals surface area contributed by atoms with E-state index < -0.39 is 18.0 Å². The van der Waals surface area contributed by atoms with Crippen molar-refractivity contribution < 1.29 is 14.4 Å². The third-order valence-corrected chi connectivity index (χ3v) is 2.25. The molecule has 0 aromatic carbocycles. The second-order valence-corrected chi connectivity index (χ2v) is 3.91. The average molecular weight is 213 g/mol. The second kappa shape index (κ2) is 4.29. The van der Waals surface area contributed by atoms with Gasteiger partial charge in [-0.15, -0.1) is 0 Å². The summed E-state index contributed by atoms with van der Waals surface area (Å²) in [6, 6.07) is -1.57. The van der Waals surface area contributed by atoms with Crippen molar-refractivity contribution in [1.29, 1.82) is 0 Å². The highest BCUT2D eigenvalue weighted by atomic mass is 16.2. The van der Waals surface area contributed by atoms with Gasteiger partial charge in [0.1, 0.15) is 6.04 Å². The lowest BCUT2D eigenvalue weighted by molar-refractivity contribution is -0.122. The number of carbonyl (C=O) groups excluding carboxylic acids is 3. The maximum atomic E-state index is 11.4. The predicted molar refractivity (Wildman–Crippen MR) is 52.9 cm³/mol. The van der Waals surface area contributed by atoms with E-state index >= 15 is 0 Å². The average Bonchev–Trinajstić information content (AvgIpc) is 2.40. The third-order valence-electron chi connectivity index (χ3n) is 2.25. The van der Waals surface area contributed by atoms with E-state index in [1.807, 2.05) is 13.8 Å². The van der Waals surface area contributed by atoms with Gasteiger partial charge in [-0.05, 0) is 5.92 Å². The van der Waals surface area contributed by atoms with Gasteiger partial charge >= 0.3 is 6.03 Å². The minimum absolute atomic E-state index is 0.0584. The number of hydrogen-bond donors (Lipinski definition) is 3. The Morgan fingerprint density at radius 2 is 2.00 bits per heavy atom. The van der Waals surface area contributed by atoms with Gasteiger partial charge in [-0.1, -0.05) is 13.8 Å². The molecule has 1 heterocycles. The maximum Gasteiger partial charge on any atom is 0.322 e. The molecule has 0 aromatic heterocycles. The van der Waals surface area contributed by atoms with E-state index in [1.165, 1.54) is 6.92 Å². The topological polar surface area (TPSA) is 87.3 Å². The van der Waals surface area contributed by atoms with Crippen LogP contribution in [0.2, 0.25) is 0 Å². The lowest BCUT2D eigenvalue weighted by Crippen LogP contribution is -2.53. The molecule has 6 heteroatoms. The molecule has 1 fully saturated rings. The summed E-state index contributed by atoms with van der Waals surface area (Å²) in [6.07, 6.45) is 0. The van der Waals surface area contributed by atoms with Crippen molar-refractivity contribution in [2.24, 2.45) is 5.92 Å². The van der Waals surface area contributed by atoms with Gasteiger partial charge in [0, 0.05) is 6.92 Å². The van der Waals surface area contributed by atoms with Crippen molar-refractivity contribution in [3.63, 3.8) is 0 Å². The van der Waals surface area contributed by atoms with Crippen LogP contribution >= 0.6 is 0 Å². The number of nitrogens with one attached hydrogen (secondary N) is 3. The first-order chi connectivity index (χ1) is 6.91. The molecule has 0 saturated carbocycles. The quantitative estimate of drug-likeness (QED) is 0.545. The molecular formula is C9H15N3O3. The van der Waals surface area contributed by atoms with Crippen molar-refractivity contribution in [2.75, 3.05) is 0 Å². The van der Waals surface area contributed by atoms with E-state index in [1.54, 1.807) is 0 Å². The highest BCUT2D eigenvalue weighted by Crippen LogP contribution is 2.09. The largest absolute Gasteiger partial charge is 0.351 e. The Morgan fingerprint density at radius 3 is 2.33 bits per heavy atom. The fourth-order valence-corrected chi connectivity index (χ4v) is 1.55. The zero-order valence-corrected chi connectivity index (χ0v) is 8.96. The van der Waals surface area contributed by atoms with E-state index in [0.29, 0.717) is 0 Å². The standard InChI is InChI=1S/C9H15N3O3/c1-4(2)6(10-5(3)13)7-8(14)12-9(15)11-7/h4,6-7H,1-3H3,(H,10,13)(H2,11,12,14,15). The molecule has 1 aliphatic rings. The van der Waals surface area contributed by atoms with E-state index in [4.69, 9.17) is 0 Å². The number of urea groups is 1. The minimum atomic E-state index is -0.679. The van der Waals surface area contributed by atoms with E-state index in [2.05, 4.69) is 16.0 Å². The van der Waals surface area contributed by atoms with Gasteiger partial charge in [-0.25, -0.2) is 4.79 Å². The van der Waals surface area contributed by atoms with Crippen molar-refractivity contribution in [3.8, 4) is 0 Å². The van der Waals surface area contributed by atoms with Crippen molar-refractivity contribution in [1.82, 2.24) is 16.0 Å². The van der Waals surface area contributed by atoms with Crippen molar-refractivity contribution in [2.45, 2.75) is 32.9 Å². The summed E-state index contributed by atoms with van der Waals surface area (Å²) in [5.74, 6) is -0.557. The van der Waals surface area contributed by atoms with Crippen LogP contribution in [-0.4, -0.2) is 29.9 Å². The molecule has 2 atom stereocenters. The van der Waals surface area contributed by atoms with Gasteiger partial charge in [0.15, 0.2) is 0 Å². The lowest BCUT2D eigenvalue weighted by Gasteiger charge is -2.25. The molecule has 15 heavy (non-hydrogen) atoms. The summed E-state index contributed by atoms with van der Waals surface area (Å²) in [5, 5.41) is 7.27. The third kappa shape index (κ3) is 2.68. The SMILES string of the molecule is CC(=O)NC(C(C)C)C1NC(=O)NC1=O. The zero-order valence-electron chi connectivity index (χ0n) is 8.96. The number of carbonyl (C=O) groups is 3. The molecule has 1 rings (SSSR count). The Hall–Kier alpha value is -1.59. The van der Waals surface area contributed by atoms with Gasteiger partial charge in [-0.2, -0.15) is 0 Å². The van der Waals surface area contributed by atoms with Crippen LogP contribution in [0.5, 0.6) is 0 Å². The molecular weight excluding hydrogens is 198 g/mol. The fourth-order valence-electron chi connectivity index (χ4n) is 1.55. The van der Waals surface area contributed by atoms with E-state index in [-0.39, 0.29) is 17.9 Å². The molecule has 3 N–H and O–H groups in total. The lowest BCUT2D eigenvalue weighted by atomic mass is 9.96. The molecule has 6 nitrogen and oxygen atoms in total. The number of imide groups is 1. The highest BCUT2D eigenvalue weighted by molar-refractivity contribution is 6.04. The molecule has 2 unspecified atom stereocenters. The smallest absolute Gasteiger partial charge is 0.322 e. The fraction of sp³-hybridized carbons (Fsp3) is 0.667. The Morgan fingerprint density at radius 1 is 1.40 bits per heavy atom. The number of amides is 4. The molecule has 1 saturated heterocycles. The van der Waals surface area contributed by atoms with Crippen LogP contribution in [-0.2, 0) is 9.59 Å². The van der Waals surface area contributed by atoms with Crippen LogP contribution in [0.15, 0.2) is 0 Å². The van der Waals surface area contributed by atoms with Gasteiger partial charge in [-0.3, -0.25) is 14.9 Å². The molecule has 0 bridgehead atoms. The first-order valence-electron chi connectivity index (χ1n) is 4.80. The summed E-state index contributed by atoms with van der Waals surface area (Å²) >= 11 is 0. The Bertz CT molecular complexity index is 301. The minimum Gasteiger partial charge on any atom is -0.351 e. The van der Waals surface area contributed by atoms with Gasteiger partial charge < -0.3 is 10.6 Å². The van der Waals surface area contributed by atoms with Gasteiger partial charge in [0.05, 0.1) is 6.04 Å². The van der Waals surface area contributed by atoms with Crippen LogP contribution < -0.4 is 16.0 Å². The van der Waals surface area contributed by atoms with Crippen LogP contribution in [0.1, 0.15) is 20.8 Å². The van der Waals surface area contributed by atoms with Crippen molar-refractivity contribution in [3.05, 3.63) is 0 Å². The van der Waals surface area contributed by atoms with Crippen LogP contribution in [0.4, 0.5) is 4.79 Å². The summed E-state index contributed by atoms with van der Waals surface area (Å²) < 4.78 is 0. The molecule has 0 aliphatic carbocycles. The molecule has 0 aromatic rings. The summed E-state index contributed by atoms with van der Waals surface area (Å²) in [5.41, 5.74) is 0. The maximum absolute atomic E-state index is 11.4. The monoisotopic (exact) mass is 213 g/mol. The second-order valence-electron chi connectivity index (χ2n) is 3.91. The Labute approximate surface area is 87.8 Å².